The van der Waals surface area contributed by atoms with Gasteiger partial charge in [-0.1, -0.05) is 66.8 Å². The zero-order valence-electron chi connectivity index (χ0n) is 13.3. The van der Waals surface area contributed by atoms with Crippen LogP contribution < -0.4 is 0 Å². The Bertz CT molecular complexity index is 741. The van der Waals surface area contributed by atoms with Crippen LogP contribution >= 0.6 is 0 Å². The topological polar surface area (TPSA) is 26.3 Å². The number of rotatable bonds is 5. The van der Waals surface area contributed by atoms with Gasteiger partial charge >= 0.3 is 5.97 Å². The minimum Gasteiger partial charge on any atom is -0.461 e. The number of allylic oxidation sites excluding steroid dienone is 4. The van der Waals surface area contributed by atoms with Crippen LogP contribution in [0.25, 0.3) is 17.2 Å². The number of fused-ring (bicyclic) bond motifs is 1. The normalized spacial score (nSPS) is 12.8. The average molecular weight is 310 g/mol. The Morgan fingerprint density at radius 2 is 1.91 bits per heavy atom. The van der Waals surface area contributed by atoms with Gasteiger partial charge in [0.2, 0.25) is 5.83 Å². The second kappa shape index (κ2) is 8.08. The first-order valence-electron chi connectivity index (χ1n) is 7.49. The van der Waals surface area contributed by atoms with Gasteiger partial charge in [0.25, 0.3) is 0 Å². The first kappa shape index (κ1) is 16.7. The summed E-state index contributed by atoms with van der Waals surface area (Å²) in [5, 5.41) is 0. The molecule has 23 heavy (non-hydrogen) atoms. The molecule has 2 rings (SSSR count). The number of halogens is 1. The van der Waals surface area contributed by atoms with Gasteiger partial charge in [0, 0.05) is 0 Å². The highest BCUT2D eigenvalue weighted by Gasteiger charge is 2.11. The Morgan fingerprint density at radius 1 is 1.13 bits per heavy atom. The number of ether oxygens (including phenoxy) is 1. The standard InChI is InChI=1S/C20H19FO2/c1-3-23-20(22)19(21)15(2)9-7-8-11-17-14-13-16-10-5-4-6-12-18(16)17/h4-14H,3H2,1-2H3/b9-7+,11-8+,19-15+. The summed E-state index contributed by atoms with van der Waals surface area (Å²) in [4.78, 5) is 11.3. The smallest absolute Gasteiger partial charge is 0.367 e. The van der Waals surface area contributed by atoms with Crippen molar-refractivity contribution in [3.05, 3.63) is 77.7 Å². The third-order valence-electron chi connectivity index (χ3n) is 3.36. The lowest BCUT2D eigenvalue weighted by Gasteiger charge is -1.99. The summed E-state index contributed by atoms with van der Waals surface area (Å²) in [6.07, 6.45) is 7.03. The molecular weight excluding hydrogens is 291 g/mol. The molecular formula is C20H19FO2. The van der Waals surface area contributed by atoms with E-state index in [1.165, 1.54) is 12.5 Å². The molecule has 2 aliphatic rings. The fraction of sp³-hybridized carbons (Fsp3) is 0.150. The molecule has 0 aromatic heterocycles. The van der Waals surface area contributed by atoms with Crippen molar-refractivity contribution < 1.29 is 13.9 Å². The zero-order chi connectivity index (χ0) is 16.7. The molecule has 3 heteroatoms. The molecule has 0 bridgehead atoms. The molecule has 0 unspecified atom stereocenters. The summed E-state index contributed by atoms with van der Waals surface area (Å²) < 4.78 is 18.3. The third-order valence-corrected chi connectivity index (χ3v) is 3.36. The quantitative estimate of drug-likeness (QED) is 0.433. The van der Waals surface area contributed by atoms with Crippen LogP contribution in [0.3, 0.4) is 0 Å². The van der Waals surface area contributed by atoms with E-state index in [2.05, 4.69) is 22.9 Å². The van der Waals surface area contributed by atoms with Gasteiger partial charge in [0.1, 0.15) is 0 Å². The Kier molecular flexibility index (Phi) is 5.87. The molecule has 0 atom stereocenters. The first-order valence-corrected chi connectivity index (χ1v) is 7.49. The van der Waals surface area contributed by atoms with Crippen molar-refractivity contribution in [2.24, 2.45) is 0 Å². The summed E-state index contributed by atoms with van der Waals surface area (Å²) >= 11 is 0. The number of carbonyl (C=O) groups is 1. The maximum Gasteiger partial charge on any atom is 0.367 e. The Hall–Kier alpha value is -2.68. The highest BCUT2D eigenvalue weighted by atomic mass is 19.1. The van der Waals surface area contributed by atoms with Crippen molar-refractivity contribution in [1.29, 1.82) is 0 Å². The van der Waals surface area contributed by atoms with Gasteiger partial charge < -0.3 is 4.74 Å². The predicted octanol–water partition coefficient (Wildman–Crippen LogP) is 5.17. The zero-order valence-corrected chi connectivity index (χ0v) is 13.3. The molecule has 0 N–H and O–H groups in total. The van der Waals surface area contributed by atoms with E-state index in [1.54, 1.807) is 19.1 Å². The number of esters is 1. The van der Waals surface area contributed by atoms with Crippen molar-refractivity contribution in [2.75, 3.05) is 6.61 Å². The molecule has 0 aromatic rings. The maximum atomic E-state index is 13.7. The lowest BCUT2D eigenvalue weighted by molar-refractivity contribution is -0.140. The Labute approximate surface area is 135 Å². The molecule has 2 nitrogen and oxygen atoms in total. The average Bonchev–Trinajstić information content (AvgIpc) is 2.77. The van der Waals surface area contributed by atoms with Crippen molar-refractivity contribution in [3.8, 4) is 11.1 Å². The minimum atomic E-state index is -0.923. The lowest BCUT2D eigenvalue weighted by Crippen LogP contribution is -2.05. The largest absolute Gasteiger partial charge is 0.461 e. The van der Waals surface area contributed by atoms with E-state index >= 15 is 0 Å². The number of carbonyl (C=O) groups excluding carboxylic acids is 1. The number of hydrogen-bond acceptors (Lipinski definition) is 2. The van der Waals surface area contributed by atoms with E-state index in [9.17, 15) is 9.18 Å². The number of hydrogen-bond donors (Lipinski definition) is 0. The fourth-order valence-electron chi connectivity index (χ4n) is 2.17. The summed E-state index contributed by atoms with van der Waals surface area (Å²) in [6.45, 7) is 3.34. The molecule has 0 radical (unpaired) electrons. The molecule has 0 heterocycles. The second-order valence-corrected chi connectivity index (χ2v) is 5.00. The van der Waals surface area contributed by atoms with E-state index in [0.29, 0.717) is 0 Å². The van der Waals surface area contributed by atoms with Gasteiger partial charge in [-0.3, -0.25) is 0 Å². The highest BCUT2D eigenvalue weighted by molar-refractivity contribution is 5.87. The van der Waals surface area contributed by atoms with Crippen molar-refractivity contribution in [3.63, 3.8) is 0 Å². The highest BCUT2D eigenvalue weighted by Crippen LogP contribution is 2.27. The van der Waals surface area contributed by atoms with Gasteiger partial charge in [-0.05, 0) is 36.1 Å². The van der Waals surface area contributed by atoms with Crippen molar-refractivity contribution >= 4 is 12.0 Å². The van der Waals surface area contributed by atoms with Gasteiger partial charge in [0.05, 0.1) is 6.61 Å². The summed E-state index contributed by atoms with van der Waals surface area (Å²) in [5.74, 6) is -1.78. The van der Waals surface area contributed by atoms with Gasteiger partial charge in [-0.25, -0.2) is 4.79 Å². The first-order chi connectivity index (χ1) is 11.1. The fourth-order valence-corrected chi connectivity index (χ4v) is 2.17. The molecule has 0 aliphatic heterocycles. The van der Waals surface area contributed by atoms with E-state index in [4.69, 9.17) is 0 Å². The van der Waals surface area contributed by atoms with Crippen LogP contribution in [0, 0.1) is 0 Å². The monoisotopic (exact) mass is 310 g/mol. The maximum absolute atomic E-state index is 13.7. The van der Waals surface area contributed by atoms with Crippen LogP contribution in [0.5, 0.6) is 0 Å². The lowest BCUT2D eigenvalue weighted by atomic mass is 10.1. The van der Waals surface area contributed by atoms with Crippen LogP contribution in [-0.2, 0) is 9.53 Å². The molecule has 0 saturated heterocycles. The Morgan fingerprint density at radius 3 is 2.70 bits per heavy atom. The molecule has 0 fully saturated rings. The van der Waals surface area contributed by atoms with E-state index in [-0.39, 0.29) is 12.2 Å². The third kappa shape index (κ3) is 4.39. The van der Waals surface area contributed by atoms with Crippen LogP contribution in [-0.4, -0.2) is 12.6 Å². The van der Waals surface area contributed by atoms with E-state index in [0.717, 1.165) is 11.1 Å². The second-order valence-electron chi connectivity index (χ2n) is 5.00. The Balaban J connectivity index is 2.09. The predicted molar refractivity (Wildman–Crippen MR) is 91.7 cm³/mol. The van der Waals surface area contributed by atoms with E-state index in [1.807, 2.05) is 36.4 Å². The van der Waals surface area contributed by atoms with Gasteiger partial charge in [-0.2, -0.15) is 4.39 Å². The minimum absolute atomic E-state index is 0.157. The molecule has 0 aromatic carbocycles. The van der Waals surface area contributed by atoms with Crippen molar-refractivity contribution in [1.82, 2.24) is 0 Å². The molecule has 0 spiro atoms. The SMILES string of the molecule is CCOC(=O)\C(F)=C(C)/C=C/C=C/c1ccc2cccccc1-2. The van der Waals surface area contributed by atoms with Crippen LogP contribution in [0.1, 0.15) is 19.4 Å². The van der Waals surface area contributed by atoms with E-state index < -0.39 is 11.8 Å². The van der Waals surface area contributed by atoms with Gasteiger partial charge in [-0.15, -0.1) is 0 Å². The van der Waals surface area contributed by atoms with Crippen LogP contribution in [0.4, 0.5) is 4.39 Å². The van der Waals surface area contributed by atoms with Gasteiger partial charge in [0.15, 0.2) is 0 Å². The molecule has 118 valence electrons. The summed E-state index contributed by atoms with van der Waals surface area (Å²) in [5.41, 5.74) is 3.66. The van der Waals surface area contributed by atoms with Crippen molar-refractivity contribution in [2.45, 2.75) is 13.8 Å². The summed E-state index contributed by atoms with van der Waals surface area (Å²) in [6, 6.07) is 14.2. The molecule has 0 saturated carbocycles. The summed E-state index contributed by atoms with van der Waals surface area (Å²) in [7, 11) is 0. The van der Waals surface area contributed by atoms with Crippen LogP contribution in [0.2, 0.25) is 0 Å². The van der Waals surface area contributed by atoms with Crippen LogP contribution in [0.15, 0.2) is 72.1 Å². The molecule has 2 aliphatic carbocycles. The molecule has 0 amide bonds.